The van der Waals surface area contributed by atoms with Gasteiger partial charge in [0, 0.05) is 6.07 Å². The summed E-state index contributed by atoms with van der Waals surface area (Å²) in [5.41, 5.74) is -2.78. The molecule has 3 aromatic rings. The van der Waals surface area contributed by atoms with Crippen LogP contribution >= 0.6 is 15.9 Å². The molecule has 0 saturated heterocycles. The molecule has 1 heterocycles. The van der Waals surface area contributed by atoms with Crippen molar-refractivity contribution < 1.29 is 36.6 Å². The van der Waals surface area contributed by atoms with Gasteiger partial charge in [0.25, 0.3) is 0 Å². The van der Waals surface area contributed by atoms with Gasteiger partial charge in [0.05, 0.1) is 27.3 Å². The van der Waals surface area contributed by atoms with E-state index in [9.17, 15) is 31.5 Å². The Balaban J connectivity index is 2.57. The van der Waals surface area contributed by atoms with E-state index in [-0.39, 0.29) is 0 Å². The molecule has 0 aliphatic heterocycles. The van der Waals surface area contributed by atoms with E-state index in [1.54, 1.807) is 0 Å². The van der Waals surface area contributed by atoms with Gasteiger partial charge in [-0.25, -0.2) is 26.7 Å². The number of pyridine rings is 1. The van der Waals surface area contributed by atoms with Gasteiger partial charge in [0.2, 0.25) is 5.43 Å². The Morgan fingerprint density at radius 2 is 1.74 bits per heavy atom. The van der Waals surface area contributed by atoms with E-state index in [1.807, 2.05) is 0 Å². The van der Waals surface area contributed by atoms with Gasteiger partial charge in [-0.3, -0.25) is 4.79 Å². The van der Waals surface area contributed by atoms with Crippen LogP contribution in [0.1, 0.15) is 0 Å². The first kappa shape index (κ1) is 18.8. The molecule has 140 valence electrons. The minimum absolute atomic E-state index is 0.420. The van der Waals surface area contributed by atoms with Crippen molar-refractivity contribution in [3.8, 4) is 11.4 Å². The number of rotatable bonds is 2. The van der Waals surface area contributed by atoms with Crippen LogP contribution in [0.25, 0.3) is 16.6 Å². The molecule has 1 N–H and O–H groups in total. The lowest BCUT2D eigenvalue weighted by Crippen LogP contribution is -2.18. The number of aromatic nitrogens is 1. The Morgan fingerprint density at radius 1 is 1.07 bits per heavy atom. The molecule has 3 rings (SSSR count). The molecule has 0 radical (unpaired) electrons. The molecule has 0 atom stereocenters. The Bertz CT molecular complexity index is 1180. The average molecular weight is 450 g/mol. The predicted octanol–water partition coefficient (Wildman–Crippen LogP) is 4.51. The van der Waals surface area contributed by atoms with Gasteiger partial charge in [-0.15, -0.1) is 0 Å². The fourth-order valence-corrected chi connectivity index (χ4v) is 2.99. The summed E-state index contributed by atoms with van der Waals surface area (Å²) in [7, 11) is 0. The van der Waals surface area contributed by atoms with E-state index in [2.05, 4.69) is 20.7 Å². The fourth-order valence-electron chi connectivity index (χ4n) is 2.45. The van der Waals surface area contributed by atoms with Gasteiger partial charge in [-0.2, -0.15) is 0 Å². The predicted molar refractivity (Wildman–Crippen MR) is 85.7 cm³/mol. The number of hydrogen-bond acceptors (Lipinski definition) is 3. The summed E-state index contributed by atoms with van der Waals surface area (Å²) in [5.74, 6) is -8.73. The highest BCUT2D eigenvalue weighted by molar-refractivity contribution is 9.10. The smallest absolute Gasteiger partial charge is 0.449 e. The minimum Gasteiger partial charge on any atom is -0.449 e. The first-order valence-electron chi connectivity index (χ1n) is 6.91. The molecule has 0 bridgehead atoms. The summed E-state index contributed by atoms with van der Waals surface area (Å²) in [6, 6.07) is 2.03. The molecular formula is C16H5BrF5NO4. The molecule has 27 heavy (non-hydrogen) atoms. The van der Waals surface area contributed by atoms with E-state index < -0.39 is 67.5 Å². The molecule has 11 heteroatoms. The second-order valence-electron chi connectivity index (χ2n) is 5.14. The van der Waals surface area contributed by atoms with Crippen molar-refractivity contribution in [2.24, 2.45) is 0 Å². The Kier molecular flexibility index (Phi) is 4.64. The van der Waals surface area contributed by atoms with Crippen molar-refractivity contribution in [1.82, 2.24) is 4.57 Å². The number of halogens is 6. The second kappa shape index (κ2) is 6.65. The zero-order valence-electron chi connectivity index (χ0n) is 12.7. The highest BCUT2D eigenvalue weighted by Crippen LogP contribution is 2.33. The Hall–Kier alpha value is -2.95. The molecule has 1 aromatic heterocycles. The number of hydrogen-bond donors (Lipinski definition) is 1. The van der Waals surface area contributed by atoms with Crippen LogP contribution in [-0.2, 0) is 0 Å². The van der Waals surface area contributed by atoms with Crippen LogP contribution in [0.3, 0.4) is 0 Å². The number of carboxylic acid groups (broad SMARTS) is 1. The van der Waals surface area contributed by atoms with Crippen molar-refractivity contribution in [3.63, 3.8) is 0 Å². The number of benzene rings is 2. The monoisotopic (exact) mass is 449 g/mol. The van der Waals surface area contributed by atoms with Gasteiger partial charge in [0.1, 0.15) is 11.6 Å². The molecule has 0 saturated carbocycles. The maximum Gasteiger partial charge on any atom is 0.511 e. The first-order chi connectivity index (χ1) is 12.6. The van der Waals surface area contributed by atoms with Crippen molar-refractivity contribution in [3.05, 3.63) is 68.2 Å². The largest absolute Gasteiger partial charge is 0.511 e. The van der Waals surface area contributed by atoms with Crippen LogP contribution in [0.4, 0.5) is 26.7 Å². The molecule has 0 aliphatic carbocycles. The van der Waals surface area contributed by atoms with E-state index in [4.69, 9.17) is 5.11 Å². The third-order valence-electron chi connectivity index (χ3n) is 3.55. The topological polar surface area (TPSA) is 68.5 Å². The maximum absolute atomic E-state index is 14.4. The van der Waals surface area contributed by atoms with Gasteiger partial charge in [0.15, 0.2) is 23.2 Å². The number of ether oxygens (including phenoxy) is 1. The summed E-state index contributed by atoms with van der Waals surface area (Å²) in [6.45, 7) is 0. The van der Waals surface area contributed by atoms with Gasteiger partial charge < -0.3 is 14.4 Å². The molecule has 2 aromatic carbocycles. The molecule has 0 amide bonds. The normalized spacial score (nSPS) is 11.0. The highest BCUT2D eigenvalue weighted by Gasteiger charge is 2.26. The maximum atomic E-state index is 14.4. The lowest BCUT2D eigenvalue weighted by molar-refractivity contribution is 0.144. The summed E-state index contributed by atoms with van der Waals surface area (Å²) < 4.78 is 73.4. The Morgan fingerprint density at radius 3 is 2.33 bits per heavy atom. The molecule has 0 aliphatic rings. The molecule has 0 unspecified atom stereocenters. The lowest BCUT2D eigenvalue weighted by atomic mass is 10.1. The second-order valence-corrected chi connectivity index (χ2v) is 5.93. The SMILES string of the molecule is O=C(O)Oc1cn(-c2ccc(F)cc2F)c2c(F)c(F)c(F)c(Br)c2c1=O. The average Bonchev–Trinajstić information content (AvgIpc) is 2.59. The third kappa shape index (κ3) is 3.03. The lowest BCUT2D eigenvalue weighted by Gasteiger charge is -2.16. The van der Waals surface area contributed by atoms with Gasteiger partial charge >= 0.3 is 6.16 Å². The number of nitrogens with zero attached hydrogens (tertiary/aromatic N) is 1. The zero-order valence-corrected chi connectivity index (χ0v) is 14.3. The number of fused-ring (bicyclic) bond motifs is 1. The van der Waals surface area contributed by atoms with Gasteiger partial charge in [-0.1, -0.05) is 0 Å². The van der Waals surface area contributed by atoms with Crippen molar-refractivity contribution in [1.29, 1.82) is 0 Å². The van der Waals surface area contributed by atoms with Crippen LogP contribution in [0.15, 0.2) is 33.7 Å². The zero-order chi connectivity index (χ0) is 20.0. The standard InChI is InChI=1S/C16H5BrF5NO4/c17-10-9-14(13(22)12(21)11(10)20)23(4-8(15(9)24)27-16(25)26)7-2-1-5(18)3-6(7)19/h1-4H,(H,25,26). The summed E-state index contributed by atoms with van der Waals surface area (Å²) in [4.78, 5) is 23.2. The number of carbonyl (C=O) groups is 1. The third-order valence-corrected chi connectivity index (χ3v) is 4.29. The van der Waals surface area contributed by atoms with Gasteiger partial charge in [-0.05, 0) is 28.1 Å². The van der Waals surface area contributed by atoms with Crippen molar-refractivity contribution in [2.45, 2.75) is 0 Å². The first-order valence-corrected chi connectivity index (χ1v) is 7.70. The van der Waals surface area contributed by atoms with Crippen LogP contribution in [0.2, 0.25) is 0 Å². The quantitative estimate of drug-likeness (QED) is 0.270. The highest BCUT2D eigenvalue weighted by atomic mass is 79.9. The van der Waals surface area contributed by atoms with Crippen LogP contribution in [0.5, 0.6) is 5.75 Å². The van der Waals surface area contributed by atoms with E-state index in [0.717, 1.165) is 12.1 Å². The fraction of sp³-hybridized carbons (Fsp3) is 0. The van der Waals surface area contributed by atoms with E-state index in [0.29, 0.717) is 16.8 Å². The Labute approximate surface area is 154 Å². The van der Waals surface area contributed by atoms with E-state index in [1.165, 1.54) is 0 Å². The van der Waals surface area contributed by atoms with Crippen molar-refractivity contribution in [2.75, 3.05) is 0 Å². The summed E-state index contributed by atoms with van der Waals surface area (Å²) in [5, 5.41) is 7.89. The minimum atomic E-state index is -1.96. The molecule has 0 fully saturated rings. The van der Waals surface area contributed by atoms with Crippen LogP contribution < -0.4 is 10.2 Å². The van der Waals surface area contributed by atoms with Crippen LogP contribution in [-0.4, -0.2) is 15.8 Å². The summed E-state index contributed by atoms with van der Waals surface area (Å²) >= 11 is 2.60. The van der Waals surface area contributed by atoms with Crippen molar-refractivity contribution >= 4 is 33.0 Å². The van der Waals surface area contributed by atoms with E-state index >= 15 is 0 Å². The molecule has 5 nitrogen and oxygen atoms in total. The summed E-state index contributed by atoms with van der Waals surface area (Å²) in [6.07, 6.45) is -1.36. The van der Waals surface area contributed by atoms with Crippen LogP contribution in [0, 0.1) is 29.1 Å². The molecule has 0 spiro atoms. The molecular weight excluding hydrogens is 445 g/mol.